The molecule has 0 spiro atoms. The van der Waals surface area contributed by atoms with Crippen LogP contribution in [0, 0.1) is 5.92 Å². The van der Waals surface area contributed by atoms with Crippen LogP contribution in [0.3, 0.4) is 0 Å². The predicted octanol–water partition coefficient (Wildman–Crippen LogP) is 1.40. The smallest absolute Gasteiger partial charge is 0.261 e. The third-order valence-electron chi connectivity index (χ3n) is 1.80. The largest absolute Gasteiger partial charge is 0.393 e. The number of nitrogens with two attached hydrogens (primary N) is 1. The number of hydrogen-bond acceptors (Lipinski definition) is 3. The van der Waals surface area contributed by atoms with Crippen LogP contribution in [0.1, 0.15) is 16.6 Å². The van der Waals surface area contributed by atoms with Gasteiger partial charge in [-0.15, -0.1) is 11.3 Å². The summed E-state index contributed by atoms with van der Waals surface area (Å²) < 4.78 is 0. The van der Waals surface area contributed by atoms with Crippen molar-refractivity contribution in [3.8, 4) is 0 Å². The summed E-state index contributed by atoms with van der Waals surface area (Å²) in [4.78, 5) is 12.6. The first-order valence-corrected chi connectivity index (χ1v) is 5.51. The van der Waals surface area contributed by atoms with Crippen LogP contribution in [0.4, 0.5) is 0 Å². The van der Waals surface area contributed by atoms with Crippen molar-refractivity contribution >= 4 is 34.5 Å². The summed E-state index contributed by atoms with van der Waals surface area (Å²) in [5.74, 6) is -0.0305. The second-order valence-corrected chi connectivity index (χ2v) is 4.41. The first kappa shape index (κ1) is 11.1. The summed E-state index contributed by atoms with van der Waals surface area (Å²) in [6, 6.07) is 3.63. The Morgan fingerprint density at radius 2 is 2.50 bits per heavy atom. The van der Waals surface area contributed by atoms with Gasteiger partial charge in [0.1, 0.15) is 0 Å². The van der Waals surface area contributed by atoms with Crippen molar-refractivity contribution in [1.82, 2.24) is 5.32 Å². The van der Waals surface area contributed by atoms with Crippen LogP contribution in [-0.2, 0) is 0 Å². The van der Waals surface area contributed by atoms with E-state index in [-0.39, 0.29) is 11.8 Å². The normalized spacial score (nSPS) is 12.1. The van der Waals surface area contributed by atoms with Gasteiger partial charge in [0.25, 0.3) is 5.91 Å². The number of amides is 1. The van der Waals surface area contributed by atoms with Crippen molar-refractivity contribution in [2.45, 2.75) is 6.92 Å². The number of carbonyl (C=O) groups is 1. The fraction of sp³-hybridized carbons (Fsp3) is 0.333. The maximum absolute atomic E-state index is 11.4. The minimum absolute atomic E-state index is 0.0360. The van der Waals surface area contributed by atoms with Crippen molar-refractivity contribution < 1.29 is 4.79 Å². The van der Waals surface area contributed by atoms with Gasteiger partial charge in [0.15, 0.2) is 0 Å². The molecule has 0 aliphatic rings. The molecule has 5 heteroatoms. The molecule has 1 atom stereocenters. The average molecular weight is 228 g/mol. The van der Waals surface area contributed by atoms with Crippen molar-refractivity contribution in [1.29, 1.82) is 0 Å². The number of rotatable bonds is 4. The molecular formula is C9H12N2OS2. The first-order valence-electron chi connectivity index (χ1n) is 4.22. The zero-order valence-electron chi connectivity index (χ0n) is 7.82. The van der Waals surface area contributed by atoms with Crippen LogP contribution >= 0.6 is 23.6 Å². The Bertz CT molecular complexity index is 322. The van der Waals surface area contributed by atoms with Gasteiger partial charge in [-0.05, 0) is 11.4 Å². The molecule has 0 radical (unpaired) electrons. The third kappa shape index (κ3) is 3.08. The summed E-state index contributed by atoms with van der Waals surface area (Å²) in [6.45, 7) is 2.38. The zero-order valence-corrected chi connectivity index (χ0v) is 9.45. The minimum atomic E-state index is -0.0666. The Kier molecular flexibility index (Phi) is 4.03. The molecule has 0 saturated heterocycles. The van der Waals surface area contributed by atoms with Crippen LogP contribution in [0.25, 0.3) is 0 Å². The van der Waals surface area contributed by atoms with Gasteiger partial charge in [0.05, 0.1) is 9.87 Å². The molecule has 1 unspecified atom stereocenters. The van der Waals surface area contributed by atoms with E-state index in [1.807, 2.05) is 18.4 Å². The maximum atomic E-state index is 11.4. The fourth-order valence-corrected chi connectivity index (χ4v) is 1.56. The lowest BCUT2D eigenvalue weighted by Gasteiger charge is -2.09. The lowest BCUT2D eigenvalue weighted by Crippen LogP contribution is -2.33. The predicted molar refractivity (Wildman–Crippen MR) is 62.6 cm³/mol. The van der Waals surface area contributed by atoms with Crippen molar-refractivity contribution in [2.24, 2.45) is 11.7 Å². The van der Waals surface area contributed by atoms with Gasteiger partial charge in [-0.2, -0.15) is 0 Å². The van der Waals surface area contributed by atoms with Crippen molar-refractivity contribution in [2.75, 3.05) is 6.54 Å². The molecule has 0 aromatic carbocycles. The highest BCUT2D eigenvalue weighted by Crippen LogP contribution is 2.07. The van der Waals surface area contributed by atoms with E-state index in [0.29, 0.717) is 16.4 Å². The molecule has 14 heavy (non-hydrogen) atoms. The second-order valence-electron chi connectivity index (χ2n) is 2.99. The highest BCUT2D eigenvalue weighted by molar-refractivity contribution is 7.80. The molecule has 1 aromatic rings. The number of carbonyl (C=O) groups excluding carboxylic acids is 1. The summed E-state index contributed by atoms with van der Waals surface area (Å²) in [7, 11) is 0. The summed E-state index contributed by atoms with van der Waals surface area (Å²) in [5.41, 5.74) is 5.42. The highest BCUT2D eigenvalue weighted by Gasteiger charge is 2.09. The van der Waals surface area contributed by atoms with Crippen molar-refractivity contribution in [3.05, 3.63) is 22.4 Å². The molecule has 0 saturated carbocycles. The van der Waals surface area contributed by atoms with Crippen LogP contribution in [0.15, 0.2) is 17.5 Å². The molecule has 76 valence electrons. The summed E-state index contributed by atoms with van der Waals surface area (Å²) in [6.07, 6.45) is 0. The Morgan fingerprint density at radius 1 is 1.79 bits per heavy atom. The number of thiophene rings is 1. The molecule has 1 amide bonds. The van der Waals surface area contributed by atoms with Gasteiger partial charge in [-0.1, -0.05) is 25.2 Å². The lowest BCUT2D eigenvalue weighted by atomic mass is 10.2. The number of hydrogen-bond donors (Lipinski definition) is 2. The van der Waals surface area contributed by atoms with Gasteiger partial charge in [-0.25, -0.2) is 0 Å². The quantitative estimate of drug-likeness (QED) is 0.766. The van der Waals surface area contributed by atoms with Gasteiger partial charge < -0.3 is 11.1 Å². The Balaban J connectivity index is 2.40. The molecule has 0 aliphatic carbocycles. The van der Waals surface area contributed by atoms with Crippen molar-refractivity contribution in [3.63, 3.8) is 0 Å². The van der Waals surface area contributed by atoms with E-state index in [1.54, 1.807) is 6.07 Å². The molecular weight excluding hydrogens is 216 g/mol. The van der Waals surface area contributed by atoms with Crippen LogP contribution in [0.2, 0.25) is 0 Å². The van der Waals surface area contributed by atoms with E-state index in [0.717, 1.165) is 0 Å². The second kappa shape index (κ2) is 5.07. The van der Waals surface area contributed by atoms with E-state index in [1.165, 1.54) is 11.3 Å². The van der Waals surface area contributed by atoms with E-state index in [9.17, 15) is 4.79 Å². The van der Waals surface area contributed by atoms with E-state index in [4.69, 9.17) is 18.0 Å². The monoisotopic (exact) mass is 228 g/mol. The molecule has 0 fully saturated rings. The third-order valence-corrected chi connectivity index (χ3v) is 3.07. The van der Waals surface area contributed by atoms with Gasteiger partial charge in [0.2, 0.25) is 0 Å². The number of thiocarbonyl (C=S) groups is 1. The SMILES string of the molecule is CC(CNC(=O)c1cccs1)C(N)=S. The standard InChI is InChI=1S/C9H12N2OS2/c1-6(8(10)13)5-11-9(12)7-3-2-4-14-7/h2-4,6H,5H2,1H3,(H2,10,13)(H,11,12). The van der Waals surface area contributed by atoms with E-state index >= 15 is 0 Å². The minimum Gasteiger partial charge on any atom is -0.393 e. The molecule has 1 aromatic heterocycles. The lowest BCUT2D eigenvalue weighted by molar-refractivity contribution is 0.0955. The summed E-state index contributed by atoms with van der Waals surface area (Å²) in [5, 5.41) is 4.64. The van der Waals surface area contributed by atoms with Crippen LogP contribution in [-0.4, -0.2) is 17.4 Å². The Labute approximate surface area is 92.3 Å². The molecule has 3 N–H and O–H groups in total. The van der Waals surface area contributed by atoms with E-state index < -0.39 is 0 Å². The summed E-state index contributed by atoms with van der Waals surface area (Å²) >= 11 is 6.21. The molecule has 3 nitrogen and oxygen atoms in total. The first-order chi connectivity index (χ1) is 6.61. The zero-order chi connectivity index (χ0) is 10.6. The molecule has 0 aliphatic heterocycles. The molecule has 1 rings (SSSR count). The van der Waals surface area contributed by atoms with Crippen LogP contribution in [0.5, 0.6) is 0 Å². The highest BCUT2D eigenvalue weighted by atomic mass is 32.1. The number of nitrogens with one attached hydrogen (secondary N) is 1. The van der Waals surface area contributed by atoms with Gasteiger partial charge in [0, 0.05) is 12.5 Å². The Hall–Kier alpha value is -0.940. The van der Waals surface area contributed by atoms with Crippen LogP contribution < -0.4 is 11.1 Å². The average Bonchev–Trinajstić information content (AvgIpc) is 2.66. The maximum Gasteiger partial charge on any atom is 0.261 e. The van der Waals surface area contributed by atoms with Gasteiger partial charge >= 0.3 is 0 Å². The topological polar surface area (TPSA) is 55.1 Å². The molecule has 0 bridgehead atoms. The Morgan fingerprint density at radius 3 is 3.00 bits per heavy atom. The van der Waals surface area contributed by atoms with Gasteiger partial charge in [-0.3, -0.25) is 4.79 Å². The van der Waals surface area contributed by atoms with E-state index in [2.05, 4.69) is 5.32 Å². The fourth-order valence-electron chi connectivity index (χ4n) is 0.841. The molecule has 1 heterocycles.